The minimum atomic E-state index is -0.361. The first kappa shape index (κ1) is 39.2. The second-order valence-corrected chi connectivity index (χ2v) is 18.6. The molecule has 1 spiro atoms. The second kappa shape index (κ2) is 15.4. The number of aryl methyl sites for hydroxylation is 1. The van der Waals surface area contributed by atoms with Crippen molar-refractivity contribution in [2.75, 3.05) is 4.90 Å². The van der Waals surface area contributed by atoms with E-state index in [4.69, 9.17) is 0 Å². The van der Waals surface area contributed by atoms with Crippen molar-refractivity contribution in [2.45, 2.75) is 57.5 Å². The van der Waals surface area contributed by atoms with Gasteiger partial charge in [-0.25, -0.2) is 0 Å². The molecule has 0 N–H and O–H groups in total. The number of para-hydroxylation sites is 2. The van der Waals surface area contributed by atoms with Gasteiger partial charge in [0.1, 0.15) is 0 Å². The van der Waals surface area contributed by atoms with Crippen LogP contribution in [0.1, 0.15) is 77.6 Å². The molecule has 2 heteroatoms. The summed E-state index contributed by atoms with van der Waals surface area (Å²) in [6.45, 7) is 9.01. The zero-order valence-corrected chi connectivity index (χ0v) is 37.5. The Balaban J connectivity index is 0.950. The van der Waals surface area contributed by atoms with E-state index in [1.807, 2.05) is 0 Å². The minimum Gasteiger partial charge on any atom is -0.338 e. The van der Waals surface area contributed by atoms with Crippen molar-refractivity contribution in [3.63, 3.8) is 0 Å². The molecule has 0 amide bonds. The van der Waals surface area contributed by atoms with Gasteiger partial charge in [0.2, 0.25) is 0 Å². The maximum Gasteiger partial charge on any atom is 0.0725 e. The second-order valence-electron chi connectivity index (χ2n) is 18.6. The Bertz CT molecular complexity index is 3190. The normalized spacial score (nSPS) is 19.1. The highest BCUT2D eigenvalue weighted by atomic mass is 15.2. The molecule has 0 radical (unpaired) electrons. The van der Waals surface area contributed by atoms with Crippen LogP contribution in [0.2, 0.25) is 0 Å². The number of hydrogen-bond donors (Lipinski definition) is 0. The third kappa shape index (κ3) is 6.00. The Hall–Kier alpha value is -7.42. The van der Waals surface area contributed by atoms with Gasteiger partial charge in [-0.05, 0) is 155 Å². The van der Waals surface area contributed by atoms with Gasteiger partial charge >= 0.3 is 0 Å². The molecule has 0 saturated carbocycles. The van der Waals surface area contributed by atoms with Crippen LogP contribution in [0.25, 0.3) is 33.4 Å². The van der Waals surface area contributed by atoms with Gasteiger partial charge in [-0.3, -0.25) is 0 Å². The van der Waals surface area contributed by atoms with Crippen LogP contribution in [0.5, 0.6) is 0 Å². The third-order valence-electron chi connectivity index (χ3n) is 14.8. The van der Waals surface area contributed by atoms with Crippen molar-refractivity contribution < 1.29 is 0 Å². The molecule has 65 heavy (non-hydrogen) atoms. The lowest BCUT2D eigenvalue weighted by Crippen LogP contribution is -2.36. The molecule has 2 nitrogen and oxygen atoms in total. The van der Waals surface area contributed by atoms with Gasteiger partial charge in [0.25, 0.3) is 0 Å². The molecule has 7 aromatic carbocycles. The number of rotatable bonds is 7. The molecular weight excluding hydrogens is 785 g/mol. The van der Waals surface area contributed by atoms with Crippen LogP contribution in [0.3, 0.4) is 0 Å². The molecule has 3 unspecified atom stereocenters. The van der Waals surface area contributed by atoms with Crippen molar-refractivity contribution in [1.82, 2.24) is 4.90 Å². The van der Waals surface area contributed by atoms with E-state index in [2.05, 4.69) is 250 Å². The van der Waals surface area contributed by atoms with E-state index in [1.165, 1.54) is 106 Å². The summed E-state index contributed by atoms with van der Waals surface area (Å²) < 4.78 is 0. The molecule has 1 heterocycles. The number of anilines is 2. The Morgan fingerprint density at radius 1 is 0.615 bits per heavy atom. The summed E-state index contributed by atoms with van der Waals surface area (Å²) in [4.78, 5) is 5.15. The lowest BCUT2D eigenvalue weighted by molar-refractivity contribution is 0.368. The average Bonchev–Trinajstić information content (AvgIpc) is 3.95. The van der Waals surface area contributed by atoms with E-state index in [-0.39, 0.29) is 23.4 Å². The van der Waals surface area contributed by atoms with Gasteiger partial charge in [-0.2, -0.15) is 0 Å². The van der Waals surface area contributed by atoms with E-state index in [9.17, 15) is 0 Å². The number of benzene rings is 7. The van der Waals surface area contributed by atoms with Crippen molar-refractivity contribution in [1.29, 1.82) is 0 Å². The summed E-state index contributed by atoms with van der Waals surface area (Å²) in [5, 5.41) is 0. The molecule has 12 rings (SSSR count). The number of hydrogen-bond acceptors (Lipinski definition) is 2. The smallest absolute Gasteiger partial charge is 0.0725 e. The Morgan fingerprint density at radius 3 is 1.89 bits per heavy atom. The summed E-state index contributed by atoms with van der Waals surface area (Å²) in [5.41, 5.74) is 24.5. The predicted octanol–water partition coefficient (Wildman–Crippen LogP) is 15.5. The fourth-order valence-corrected chi connectivity index (χ4v) is 12.0. The molecule has 0 aromatic heterocycles. The zero-order valence-electron chi connectivity index (χ0n) is 37.5. The quantitative estimate of drug-likeness (QED) is 0.148. The van der Waals surface area contributed by atoms with Gasteiger partial charge in [0, 0.05) is 28.7 Å². The lowest BCUT2D eigenvalue weighted by Gasteiger charge is -2.38. The first-order chi connectivity index (χ1) is 31.9. The van der Waals surface area contributed by atoms with Gasteiger partial charge in [0.05, 0.1) is 17.5 Å². The van der Waals surface area contributed by atoms with Gasteiger partial charge in [0.15, 0.2) is 0 Å². The standard InChI is InChI=1S/C63H52N2/c1-41(2)56(49-21-9-8-18-42(49)3)38-43(4)64(48-35-37-55-54-25-13-17-29-61(54)65(62(55)40-48)46-19-6-5-7-20-46)47-33-30-44(31-34-47)45-32-36-53-52-24-12-16-28-59(52)63(60(53)39-45)57-26-14-10-22-50(57)51-23-11-15-27-58(51)63/h5-33,35-40,47,55,62H,34H2,1-4H3/b43-38+. The Labute approximate surface area is 384 Å². The van der Waals surface area contributed by atoms with Crippen molar-refractivity contribution in [2.24, 2.45) is 0 Å². The SMILES string of the molecule is CC(C)=C(/C=C(\C)N(C1=CC2C(C=C1)c1ccccc1N2c1ccccc1)C1C=CC(c2ccc3c(c2)C2(c4ccccc4-c4ccccc42)c2ccccc2-3)=CC1)c1ccccc1C. The first-order valence-electron chi connectivity index (χ1n) is 23.3. The number of allylic oxidation sites excluding steroid dienone is 7. The van der Waals surface area contributed by atoms with Gasteiger partial charge in [-0.1, -0.05) is 175 Å². The molecule has 1 aliphatic heterocycles. The Kier molecular flexibility index (Phi) is 9.28. The molecule has 0 fully saturated rings. The molecular formula is C63H52N2. The van der Waals surface area contributed by atoms with Crippen LogP contribution in [0, 0.1) is 6.92 Å². The molecule has 5 aliphatic rings. The Morgan fingerprint density at radius 2 is 1.23 bits per heavy atom. The van der Waals surface area contributed by atoms with Crippen molar-refractivity contribution in [3.05, 3.63) is 274 Å². The van der Waals surface area contributed by atoms with E-state index in [1.54, 1.807) is 0 Å². The van der Waals surface area contributed by atoms with E-state index < -0.39 is 0 Å². The van der Waals surface area contributed by atoms with Crippen LogP contribution in [0.15, 0.2) is 229 Å². The van der Waals surface area contributed by atoms with Crippen LogP contribution in [-0.2, 0) is 5.41 Å². The van der Waals surface area contributed by atoms with Crippen molar-refractivity contribution >= 4 is 22.5 Å². The number of fused-ring (bicyclic) bond motifs is 13. The maximum atomic E-state index is 2.60. The molecule has 314 valence electrons. The third-order valence-corrected chi connectivity index (χ3v) is 14.8. The summed E-state index contributed by atoms with van der Waals surface area (Å²) in [5.74, 6) is 0.267. The highest BCUT2D eigenvalue weighted by molar-refractivity contribution is 5.96. The van der Waals surface area contributed by atoms with Crippen LogP contribution in [-0.4, -0.2) is 17.0 Å². The highest BCUT2D eigenvalue weighted by Gasteiger charge is 2.51. The highest BCUT2D eigenvalue weighted by Crippen LogP contribution is 2.63. The average molecular weight is 837 g/mol. The van der Waals surface area contributed by atoms with E-state index >= 15 is 0 Å². The predicted molar refractivity (Wildman–Crippen MR) is 272 cm³/mol. The lowest BCUT2D eigenvalue weighted by atomic mass is 9.70. The zero-order chi connectivity index (χ0) is 43.8. The van der Waals surface area contributed by atoms with Gasteiger partial charge < -0.3 is 9.80 Å². The molecule has 0 saturated heterocycles. The largest absolute Gasteiger partial charge is 0.338 e. The molecule has 4 aliphatic carbocycles. The number of nitrogens with zero attached hydrogens (tertiary/aromatic N) is 2. The van der Waals surface area contributed by atoms with E-state index in [0.29, 0.717) is 0 Å². The molecule has 7 aromatic rings. The molecule has 3 atom stereocenters. The van der Waals surface area contributed by atoms with Crippen LogP contribution >= 0.6 is 0 Å². The fraction of sp³-hybridized carbons (Fsp3) is 0.143. The van der Waals surface area contributed by atoms with Crippen LogP contribution < -0.4 is 4.90 Å². The maximum absolute atomic E-state index is 2.60. The molecule has 0 bridgehead atoms. The fourth-order valence-electron chi connectivity index (χ4n) is 12.0. The minimum absolute atomic E-state index is 0.116. The van der Waals surface area contributed by atoms with Crippen molar-refractivity contribution in [3.8, 4) is 22.3 Å². The first-order valence-corrected chi connectivity index (χ1v) is 23.3. The topological polar surface area (TPSA) is 6.48 Å². The summed E-state index contributed by atoms with van der Waals surface area (Å²) in [6, 6.07) is 63.4. The summed E-state index contributed by atoms with van der Waals surface area (Å²) in [7, 11) is 0. The summed E-state index contributed by atoms with van der Waals surface area (Å²) in [6.07, 6.45) is 18.0. The van der Waals surface area contributed by atoms with E-state index in [0.717, 1.165) is 6.42 Å². The summed E-state index contributed by atoms with van der Waals surface area (Å²) >= 11 is 0. The monoisotopic (exact) mass is 836 g/mol. The van der Waals surface area contributed by atoms with Gasteiger partial charge in [-0.15, -0.1) is 0 Å². The van der Waals surface area contributed by atoms with Crippen LogP contribution in [0.4, 0.5) is 11.4 Å².